The minimum Gasteiger partial charge on any atom is -0.444 e. The summed E-state index contributed by atoms with van der Waals surface area (Å²) in [4.78, 5) is 11.5. The highest BCUT2D eigenvalue weighted by molar-refractivity contribution is 5.85. The first kappa shape index (κ1) is 13.5. The summed E-state index contributed by atoms with van der Waals surface area (Å²) in [6, 6.07) is 0. The molecule has 0 atom stereocenters. The maximum atomic E-state index is 11.5. The second-order valence-corrected chi connectivity index (χ2v) is 4.74. The quantitative estimate of drug-likeness (QED) is 0.841. The summed E-state index contributed by atoms with van der Waals surface area (Å²) >= 11 is 0. The third kappa shape index (κ3) is 4.44. The molecule has 1 aromatic heterocycles. The van der Waals surface area contributed by atoms with Crippen LogP contribution in [-0.2, 0) is 11.3 Å². The van der Waals surface area contributed by atoms with Crippen LogP contribution in [0.2, 0.25) is 0 Å². The molecule has 0 aliphatic rings. The molecule has 0 spiro atoms. The normalized spacial score (nSPS) is 11.4. The van der Waals surface area contributed by atoms with E-state index in [0.717, 1.165) is 0 Å². The van der Waals surface area contributed by atoms with Crippen LogP contribution in [0.3, 0.4) is 0 Å². The van der Waals surface area contributed by atoms with Gasteiger partial charge in [-0.2, -0.15) is 5.10 Å². The van der Waals surface area contributed by atoms with Gasteiger partial charge >= 0.3 is 6.09 Å². The molecule has 1 amide bonds. The monoisotopic (exact) mass is 241 g/mol. The van der Waals surface area contributed by atoms with Gasteiger partial charge in [-0.25, -0.2) is 4.79 Å². The summed E-state index contributed by atoms with van der Waals surface area (Å²) in [6.45, 7) is 7.59. The Balaban J connectivity index is 2.65. The number of aryl methyl sites for hydroxylation is 1. The minimum atomic E-state index is -0.529. The molecule has 0 aromatic carbocycles. The van der Waals surface area contributed by atoms with Gasteiger partial charge in [0.25, 0.3) is 0 Å². The number of aliphatic hydroxyl groups excluding tert-OH is 1. The lowest BCUT2D eigenvalue weighted by atomic mass is 10.2. The predicted molar refractivity (Wildman–Crippen MR) is 63.9 cm³/mol. The minimum absolute atomic E-state index is 0.00694. The molecule has 1 rings (SSSR count). The highest BCUT2D eigenvalue weighted by Gasteiger charge is 2.17. The Morgan fingerprint density at radius 2 is 2.24 bits per heavy atom. The van der Waals surface area contributed by atoms with Crippen molar-refractivity contribution in [3.63, 3.8) is 0 Å². The fraction of sp³-hybridized carbons (Fsp3) is 0.636. The Labute approximate surface area is 101 Å². The Hall–Kier alpha value is -1.56. The van der Waals surface area contributed by atoms with Gasteiger partial charge in [0.15, 0.2) is 0 Å². The van der Waals surface area contributed by atoms with Crippen LogP contribution in [0, 0.1) is 6.92 Å². The van der Waals surface area contributed by atoms with Crippen LogP contribution in [0.1, 0.15) is 26.5 Å². The summed E-state index contributed by atoms with van der Waals surface area (Å²) in [5.74, 6) is 0. The van der Waals surface area contributed by atoms with Crippen LogP contribution in [-0.4, -0.2) is 33.2 Å². The lowest BCUT2D eigenvalue weighted by Crippen LogP contribution is -2.27. The number of ether oxygens (including phenoxy) is 1. The number of hydrogen-bond donors (Lipinski definition) is 2. The van der Waals surface area contributed by atoms with Gasteiger partial charge in [-0.05, 0) is 27.7 Å². The number of anilines is 1. The summed E-state index contributed by atoms with van der Waals surface area (Å²) in [7, 11) is 0. The van der Waals surface area contributed by atoms with Gasteiger partial charge in [0.05, 0.1) is 24.5 Å². The predicted octanol–water partition coefficient (Wildman–Crippen LogP) is 1.53. The van der Waals surface area contributed by atoms with Crippen molar-refractivity contribution in [1.82, 2.24) is 9.78 Å². The van der Waals surface area contributed by atoms with Gasteiger partial charge in [-0.15, -0.1) is 0 Å². The molecule has 1 heterocycles. The second-order valence-electron chi connectivity index (χ2n) is 4.74. The van der Waals surface area contributed by atoms with E-state index in [1.165, 1.54) is 0 Å². The molecule has 0 radical (unpaired) electrons. The van der Waals surface area contributed by atoms with E-state index in [0.29, 0.717) is 17.9 Å². The fourth-order valence-corrected chi connectivity index (χ4v) is 1.27. The van der Waals surface area contributed by atoms with Crippen LogP contribution in [0.25, 0.3) is 0 Å². The second kappa shape index (κ2) is 5.18. The number of aromatic nitrogens is 2. The maximum absolute atomic E-state index is 11.5. The lowest BCUT2D eigenvalue weighted by Gasteiger charge is -2.19. The number of carbonyl (C=O) groups is 1. The molecule has 17 heavy (non-hydrogen) atoms. The lowest BCUT2D eigenvalue weighted by molar-refractivity contribution is 0.0636. The van der Waals surface area contributed by atoms with Crippen molar-refractivity contribution in [3.05, 3.63) is 11.9 Å². The molecule has 6 heteroatoms. The number of amides is 1. The molecule has 0 aliphatic carbocycles. The Morgan fingerprint density at radius 3 is 2.76 bits per heavy atom. The number of aliphatic hydroxyl groups is 1. The summed E-state index contributed by atoms with van der Waals surface area (Å²) in [5, 5.41) is 15.5. The largest absolute Gasteiger partial charge is 0.444 e. The van der Waals surface area contributed by atoms with E-state index in [1.807, 2.05) is 0 Å². The van der Waals surface area contributed by atoms with Gasteiger partial charge in [-0.3, -0.25) is 10.00 Å². The molecule has 1 aromatic rings. The average Bonchev–Trinajstić information content (AvgIpc) is 2.44. The zero-order valence-electron chi connectivity index (χ0n) is 10.6. The van der Waals surface area contributed by atoms with Crippen molar-refractivity contribution < 1.29 is 14.6 Å². The average molecular weight is 241 g/mol. The molecular weight excluding hydrogens is 222 g/mol. The summed E-state index contributed by atoms with van der Waals surface area (Å²) in [5.41, 5.74) is 0.746. The van der Waals surface area contributed by atoms with Crippen LogP contribution < -0.4 is 5.32 Å². The highest BCUT2D eigenvalue weighted by Crippen LogP contribution is 2.14. The summed E-state index contributed by atoms with van der Waals surface area (Å²) < 4.78 is 6.70. The number of carbonyl (C=O) groups excluding carboxylic acids is 1. The van der Waals surface area contributed by atoms with Gasteiger partial charge in [-0.1, -0.05) is 0 Å². The van der Waals surface area contributed by atoms with E-state index in [-0.39, 0.29) is 6.61 Å². The van der Waals surface area contributed by atoms with Crippen LogP contribution in [0.4, 0.5) is 10.5 Å². The zero-order chi connectivity index (χ0) is 13.1. The molecule has 0 saturated carbocycles. The van der Waals surface area contributed by atoms with Gasteiger partial charge in [0.1, 0.15) is 5.60 Å². The first-order valence-electron chi connectivity index (χ1n) is 5.47. The summed E-state index contributed by atoms with van der Waals surface area (Å²) in [6.07, 6.45) is 1.15. The Bertz CT molecular complexity index is 393. The van der Waals surface area contributed by atoms with E-state index in [2.05, 4.69) is 10.4 Å². The standard InChI is InChI=1S/C11H19N3O3/c1-8-9(7-14(13-8)5-6-15)12-10(16)17-11(2,3)4/h7,15H,5-6H2,1-4H3,(H,12,16). The Morgan fingerprint density at radius 1 is 1.59 bits per heavy atom. The van der Waals surface area contributed by atoms with Crippen LogP contribution in [0.15, 0.2) is 6.20 Å². The van der Waals surface area contributed by atoms with E-state index in [4.69, 9.17) is 9.84 Å². The molecule has 6 nitrogen and oxygen atoms in total. The molecule has 0 unspecified atom stereocenters. The van der Waals surface area contributed by atoms with E-state index >= 15 is 0 Å². The van der Waals surface area contributed by atoms with E-state index in [1.54, 1.807) is 38.6 Å². The smallest absolute Gasteiger partial charge is 0.412 e. The molecule has 0 bridgehead atoms. The zero-order valence-corrected chi connectivity index (χ0v) is 10.6. The fourth-order valence-electron chi connectivity index (χ4n) is 1.27. The highest BCUT2D eigenvalue weighted by atomic mass is 16.6. The first-order valence-corrected chi connectivity index (χ1v) is 5.47. The maximum Gasteiger partial charge on any atom is 0.412 e. The molecular formula is C11H19N3O3. The SMILES string of the molecule is Cc1nn(CCO)cc1NC(=O)OC(C)(C)C. The van der Waals surface area contributed by atoms with E-state index in [9.17, 15) is 4.79 Å². The van der Waals surface area contributed by atoms with Crippen LogP contribution in [0.5, 0.6) is 0 Å². The Kier molecular flexibility index (Phi) is 4.11. The number of hydrogen-bond acceptors (Lipinski definition) is 4. The number of rotatable bonds is 3. The molecule has 2 N–H and O–H groups in total. The van der Waals surface area contributed by atoms with Gasteiger partial charge in [0, 0.05) is 6.20 Å². The van der Waals surface area contributed by atoms with Gasteiger partial charge in [0.2, 0.25) is 0 Å². The van der Waals surface area contributed by atoms with Crippen molar-refractivity contribution in [3.8, 4) is 0 Å². The first-order chi connectivity index (χ1) is 7.81. The number of nitrogens with one attached hydrogen (secondary N) is 1. The molecule has 96 valence electrons. The molecule has 0 aliphatic heterocycles. The van der Waals surface area contributed by atoms with Crippen molar-refractivity contribution in [2.45, 2.75) is 39.8 Å². The number of nitrogens with zero attached hydrogens (tertiary/aromatic N) is 2. The molecule has 0 fully saturated rings. The molecule has 0 saturated heterocycles. The third-order valence-electron chi connectivity index (χ3n) is 1.91. The topological polar surface area (TPSA) is 76.4 Å². The van der Waals surface area contributed by atoms with Crippen molar-refractivity contribution in [2.75, 3.05) is 11.9 Å². The van der Waals surface area contributed by atoms with Crippen molar-refractivity contribution in [2.24, 2.45) is 0 Å². The van der Waals surface area contributed by atoms with Crippen LogP contribution >= 0.6 is 0 Å². The van der Waals surface area contributed by atoms with Gasteiger partial charge < -0.3 is 9.84 Å². The van der Waals surface area contributed by atoms with Crippen molar-refractivity contribution in [1.29, 1.82) is 0 Å². The third-order valence-corrected chi connectivity index (χ3v) is 1.91. The van der Waals surface area contributed by atoms with E-state index < -0.39 is 11.7 Å². The van der Waals surface area contributed by atoms with Crippen molar-refractivity contribution >= 4 is 11.8 Å².